The number of aromatic nitrogens is 2. The van der Waals surface area contributed by atoms with Crippen LogP contribution in [0.5, 0.6) is 0 Å². The van der Waals surface area contributed by atoms with Crippen LogP contribution in [0.1, 0.15) is 34.2 Å². The van der Waals surface area contributed by atoms with Crippen LogP contribution in [0, 0.1) is 5.82 Å². The smallest absolute Gasteiger partial charge is 0.331 e. The zero-order valence-electron chi connectivity index (χ0n) is 15.5. The summed E-state index contributed by atoms with van der Waals surface area (Å²) < 4.78 is 20.8. The maximum absolute atomic E-state index is 13.2. The molecule has 0 unspecified atom stereocenters. The summed E-state index contributed by atoms with van der Waals surface area (Å²) in [6.45, 7) is 0.269. The number of nitrogens with one attached hydrogen (secondary N) is 1. The number of nitrogens with zero attached hydrogens (tertiary/aromatic N) is 2. The van der Waals surface area contributed by atoms with Crippen LogP contribution in [0.25, 0.3) is 0 Å². The van der Waals surface area contributed by atoms with Crippen LogP contribution in [0.15, 0.2) is 62.7 Å². The van der Waals surface area contributed by atoms with Gasteiger partial charge in [-0.05, 0) is 36.2 Å². The van der Waals surface area contributed by atoms with Gasteiger partial charge in [-0.3, -0.25) is 18.7 Å². The van der Waals surface area contributed by atoms with Crippen molar-refractivity contribution in [3.8, 4) is 0 Å². The predicted molar refractivity (Wildman–Crippen MR) is 101 cm³/mol. The molecule has 2 aromatic heterocycles. The molecule has 1 atom stereocenters. The van der Waals surface area contributed by atoms with Crippen molar-refractivity contribution in [3.05, 3.63) is 92.4 Å². The number of furan rings is 1. The van der Waals surface area contributed by atoms with E-state index in [2.05, 4.69) is 5.32 Å². The highest BCUT2D eigenvalue weighted by Gasteiger charge is 2.19. The monoisotopic (exact) mass is 385 g/mol. The summed E-state index contributed by atoms with van der Waals surface area (Å²) in [6.07, 6.45) is 2.05. The second-order valence-corrected chi connectivity index (χ2v) is 6.43. The first kappa shape index (κ1) is 19.3. The van der Waals surface area contributed by atoms with Gasteiger partial charge in [0.05, 0.1) is 6.26 Å². The van der Waals surface area contributed by atoms with Crippen LogP contribution in [0.2, 0.25) is 0 Å². The van der Waals surface area contributed by atoms with Crippen molar-refractivity contribution in [2.45, 2.75) is 12.3 Å². The van der Waals surface area contributed by atoms with E-state index < -0.39 is 17.2 Å². The molecule has 1 N–H and O–H groups in total. The molecule has 0 saturated heterocycles. The fourth-order valence-electron chi connectivity index (χ4n) is 3.03. The molecule has 8 heteroatoms. The molecule has 0 aliphatic carbocycles. The molecular formula is C20H20FN3O4. The van der Waals surface area contributed by atoms with Crippen LogP contribution >= 0.6 is 0 Å². The van der Waals surface area contributed by atoms with Crippen molar-refractivity contribution in [2.24, 2.45) is 14.1 Å². The number of hydrogen-bond acceptors (Lipinski definition) is 4. The minimum absolute atomic E-state index is 0.00979. The fourth-order valence-corrected chi connectivity index (χ4v) is 3.03. The number of hydrogen-bond donors (Lipinski definition) is 1. The lowest BCUT2D eigenvalue weighted by atomic mass is 9.93. The Hall–Kier alpha value is -3.42. The van der Waals surface area contributed by atoms with Crippen molar-refractivity contribution < 1.29 is 13.6 Å². The number of amides is 1. The SMILES string of the molecule is Cn1c(C(=O)NCC[C@H](c2ccc(F)cc2)c2ccco2)cc(=O)n(C)c1=O. The van der Waals surface area contributed by atoms with Gasteiger partial charge in [0.1, 0.15) is 17.3 Å². The number of carbonyl (C=O) groups excluding carboxylic acids is 1. The van der Waals surface area contributed by atoms with Gasteiger partial charge in [-0.25, -0.2) is 9.18 Å². The summed E-state index contributed by atoms with van der Waals surface area (Å²) in [5, 5.41) is 2.72. The maximum atomic E-state index is 13.2. The molecule has 3 aromatic rings. The Morgan fingerprint density at radius 3 is 2.50 bits per heavy atom. The number of halogens is 1. The van der Waals surface area contributed by atoms with Crippen molar-refractivity contribution in [1.29, 1.82) is 0 Å². The Morgan fingerprint density at radius 2 is 1.86 bits per heavy atom. The molecule has 0 fully saturated rings. The summed E-state index contributed by atoms with van der Waals surface area (Å²) in [4.78, 5) is 36.2. The van der Waals surface area contributed by atoms with E-state index in [-0.39, 0.29) is 24.0 Å². The minimum atomic E-state index is -0.572. The molecule has 3 rings (SSSR count). The van der Waals surface area contributed by atoms with Crippen molar-refractivity contribution in [1.82, 2.24) is 14.5 Å². The molecular weight excluding hydrogens is 365 g/mol. The van der Waals surface area contributed by atoms with E-state index in [1.54, 1.807) is 24.5 Å². The highest BCUT2D eigenvalue weighted by molar-refractivity contribution is 5.92. The summed E-state index contributed by atoms with van der Waals surface area (Å²) in [6, 6.07) is 10.8. The molecule has 2 heterocycles. The lowest BCUT2D eigenvalue weighted by molar-refractivity contribution is 0.0942. The molecule has 146 valence electrons. The lowest BCUT2D eigenvalue weighted by Gasteiger charge is -2.16. The van der Waals surface area contributed by atoms with Crippen molar-refractivity contribution in [3.63, 3.8) is 0 Å². The average molecular weight is 385 g/mol. The van der Waals surface area contributed by atoms with Crippen molar-refractivity contribution >= 4 is 5.91 Å². The van der Waals surface area contributed by atoms with Gasteiger partial charge in [0.15, 0.2) is 0 Å². The summed E-state index contributed by atoms with van der Waals surface area (Å²) in [5.41, 5.74) is -0.276. The topological polar surface area (TPSA) is 86.2 Å². The molecule has 0 aliphatic rings. The van der Waals surface area contributed by atoms with E-state index in [9.17, 15) is 18.8 Å². The van der Waals surface area contributed by atoms with Crippen LogP contribution in [0.3, 0.4) is 0 Å². The first-order valence-corrected chi connectivity index (χ1v) is 8.72. The summed E-state index contributed by atoms with van der Waals surface area (Å²) in [7, 11) is 2.78. The molecule has 1 aromatic carbocycles. The van der Waals surface area contributed by atoms with Gasteiger partial charge in [-0.2, -0.15) is 0 Å². The number of benzene rings is 1. The molecule has 0 spiro atoms. The van der Waals surface area contributed by atoms with Gasteiger partial charge < -0.3 is 9.73 Å². The van der Waals surface area contributed by atoms with E-state index in [1.165, 1.54) is 26.2 Å². The van der Waals surface area contributed by atoms with Gasteiger partial charge in [-0.15, -0.1) is 0 Å². The Labute approximate surface area is 160 Å². The highest BCUT2D eigenvalue weighted by atomic mass is 19.1. The highest BCUT2D eigenvalue weighted by Crippen LogP contribution is 2.28. The van der Waals surface area contributed by atoms with Gasteiger partial charge in [0.2, 0.25) is 0 Å². The molecule has 0 radical (unpaired) electrons. The minimum Gasteiger partial charge on any atom is -0.469 e. The summed E-state index contributed by atoms with van der Waals surface area (Å²) in [5.74, 6) is -0.332. The Kier molecular flexibility index (Phi) is 5.58. The molecule has 1 amide bonds. The number of carbonyl (C=O) groups is 1. The van der Waals surface area contributed by atoms with E-state index in [1.807, 2.05) is 6.07 Å². The largest absolute Gasteiger partial charge is 0.469 e. The van der Waals surface area contributed by atoms with Gasteiger partial charge >= 0.3 is 5.69 Å². The molecule has 0 bridgehead atoms. The third-order valence-corrected chi connectivity index (χ3v) is 4.64. The Bertz CT molecular complexity index is 1080. The third-order valence-electron chi connectivity index (χ3n) is 4.64. The fraction of sp³-hybridized carbons (Fsp3) is 0.250. The van der Waals surface area contributed by atoms with E-state index in [4.69, 9.17) is 4.42 Å². The zero-order chi connectivity index (χ0) is 20.3. The van der Waals surface area contributed by atoms with E-state index in [0.29, 0.717) is 12.2 Å². The van der Waals surface area contributed by atoms with Crippen LogP contribution < -0.4 is 16.6 Å². The molecule has 0 aliphatic heterocycles. The van der Waals surface area contributed by atoms with Crippen LogP contribution in [-0.4, -0.2) is 21.6 Å². The quantitative estimate of drug-likeness (QED) is 0.701. The Balaban J connectivity index is 1.75. The second-order valence-electron chi connectivity index (χ2n) is 6.43. The second kappa shape index (κ2) is 8.08. The predicted octanol–water partition coefficient (Wildman–Crippen LogP) is 1.77. The first-order chi connectivity index (χ1) is 13.4. The maximum Gasteiger partial charge on any atom is 0.331 e. The molecule has 7 nitrogen and oxygen atoms in total. The van der Waals surface area contributed by atoms with Crippen molar-refractivity contribution in [2.75, 3.05) is 6.54 Å². The van der Waals surface area contributed by atoms with Gasteiger partial charge in [0.25, 0.3) is 11.5 Å². The van der Waals surface area contributed by atoms with Crippen LogP contribution in [0.4, 0.5) is 4.39 Å². The summed E-state index contributed by atoms with van der Waals surface area (Å²) >= 11 is 0. The molecule has 0 saturated carbocycles. The van der Waals surface area contributed by atoms with E-state index >= 15 is 0 Å². The first-order valence-electron chi connectivity index (χ1n) is 8.72. The van der Waals surface area contributed by atoms with Gasteiger partial charge in [0, 0.05) is 32.6 Å². The normalized spacial score (nSPS) is 12.0. The lowest BCUT2D eigenvalue weighted by Crippen LogP contribution is -2.41. The standard InChI is InChI=1S/C20H20FN3O4/c1-23-16(12-18(25)24(2)20(23)27)19(26)22-10-9-15(17-4-3-11-28-17)13-5-7-14(21)8-6-13/h3-8,11-12,15H,9-10H2,1-2H3,(H,22,26)/t15-/m1/s1. The van der Waals surface area contributed by atoms with Gasteiger partial charge in [-0.1, -0.05) is 12.1 Å². The third kappa shape index (κ3) is 3.95. The average Bonchev–Trinajstić information content (AvgIpc) is 3.21. The zero-order valence-corrected chi connectivity index (χ0v) is 15.5. The van der Waals surface area contributed by atoms with E-state index in [0.717, 1.165) is 20.8 Å². The number of rotatable bonds is 6. The van der Waals surface area contributed by atoms with Crippen LogP contribution in [-0.2, 0) is 14.1 Å². The molecule has 28 heavy (non-hydrogen) atoms. The Morgan fingerprint density at radius 1 is 1.14 bits per heavy atom.